The summed E-state index contributed by atoms with van der Waals surface area (Å²) in [6, 6.07) is 5.48. The van der Waals surface area contributed by atoms with E-state index in [4.69, 9.17) is 4.74 Å². The molecule has 1 saturated heterocycles. The van der Waals surface area contributed by atoms with Crippen LogP contribution < -0.4 is 4.74 Å². The van der Waals surface area contributed by atoms with Crippen molar-refractivity contribution in [2.75, 3.05) is 20.2 Å². The number of benzene rings is 1. The Balaban J connectivity index is 1.93. The zero-order chi connectivity index (χ0) is 13.4. The number of ether oxygens (including phenoxy) is 1. The summed E-state index contributed by atoms with van der Waals surface area (Å²) in [4.78, 5) is 18.9. The van der Waals surface area contributed by atoms with Gasteiger partial charge in [0.25, 0.3) is 0 Å². The number of methoxy groups -OCH3 is 1. The topological polar surface area (TPSA) is 47.4 Å². The van der Waals surface area contributed by atoms with E-state index in [1.165, 1.54) is 6.42 Å². The minimum atomic E-state index is -0.0896. The number of nitrogens with zero attached hydrogens (tertiary/aromatic N) is 3. The predicted molar refractivity (Wildman–Crippen MR) is 72.6 cm³/mol. The van der Waals surface area contributed by atoms with Crippen LogP contribution in [0.4, 0.5) is 0 Å². The zero-order valence-corrected chi connectivity index (χ0v) is 11.2. The van der Waals surface area contributed by atoms with Gasteiger partial charge >= 0.3 is 0 Å². The van der Waals surface area contributed by atoms with Gasteiger partial charge in [0.05, 0.1) is 24.2 Å². The quantitative estimate of drug-likeness (QED) is 0.843. The van der Waals surface area contributed by atoms with Gasteiger partial charge in [0.1, 0.15) is 12.1 Å². The molecule has 0 bridgehead atoms. The maximum absolute atomic E-state index is 12.5. The predicted octanol–water partition coefficient (Wildman–Crippen LogP) is 1.78. The lowest BCUT2D eigenvalue weighted by Crippen LogP contribution is -2.48. The second-order valence-corrected chi connectivity index (χ2v) is 4.87. The van der Waals surface area contributed by atoms with Crippen molar-refractivity contribution in [3.8, 4) is 5.75 Å². The molecule has 0 aliphatic carbocycles. The first kappa shape index (κ1) is 12.2. The Hall–Kier alpha value is -1.88. The lowest BCUT2D eigenvalue weighted by atomic mass is 10.1. The van der Waals surface area contributed by atoms with Crippen LogP contribution in [-0.2, 0) is 0 Å². The molecule has 3 rings (SSSR count). The van der Waals surface area contributed by atoms with E-state index in [1.807, 2.05) is 25.1 Å². The molecule has 1 aliphatic heterocycles. The third-order valence-electron chi connectivity index (χ3n) is 3.79. The molecule has 0 saturated carbocycles. The molecule has 0 amide bonds. The Bertz CT molecular complexity index is 616. The average Bonchev–Trinajstić information content (AvgIpc) is 2.78. The number of imidazole rings is 1. The second kappa shape index (κ2) is 4.66. The third-order valence-corrected chi connectivity index (χ3v) is 3.79. The number of hydrogen-bond donors (Lipinski definition) is 0. The fourth-order valence-corrected chi connectivity index (χ4v) is 2.38. The summed E-state index contributed by atoms with van der Waals surface area (Å²) in [5, 5.41) is 0. The zero-order valence-electron chi connectivity index (χ0n) is 11.2. The number of carbonyl (C=O) groups is 1. The number of aromatic nitrogens is 2. The van der Waals surface area contributed by atoms with Gasteiger partial charge in [-0.1, -0.05) is 0 Å². The Morgan fingerprint density at radius 3 is 2.84 bits per heavy atom. The SMILES string of the molecule is COc1ccc2c(c1)ncn2C(=O)[C@@H](C)N1CCC1. The molecule has 1 aromatic carbocycles. The van der Waals surface area contributed by atoms with Crippen LogP contribution in [0.25, 0.3) is 11.0 Å². The first-order valence-corrected chi connectivity index (χ1v) is 6.50. The molecule has 0 unspecified atom stereocenters. The van der Waals surface area contributed by atoms with Crippen molar-refractivity contribution >= 4 is 16.9 Å². The van der Waals surface area contributed by atoms with Crippen molar-refractivity contribution in [2.45, 2.75) is 19.4 Å². The van der Waals surface area contributed by atoms with Gasteiger partial charge in [0.2, 0.25) is 5.91 Å². The van der Waals surface area contributed by atoms with Crippen molar-refractivity contribution in [3.05, 3.63) is 24.5 Å². The van der Waals surface area contributed by atoms with Gasteiger partial charge < -0.3 is 4.74 Å². The van der Waals surface area contributed by atoms with Gasteiger partial charge in [-0.05, 0) is 25.5 Å². The van der Waals surface area contributed by atoms with Gasteiger partial charge in [0, 0.05) is 19.2 Å². The van der Waals surface area contributed by atoms with Crippen LogP contribution in [0.2, 0.25) is 0 Å². The highest BCUT2D eigenvalue weighted by atomic mass is 16.5. The molecule has 2 aromatic rings. The summed E-state index contributed by atoms with van der Waals surface area (Å²) in [6.07, 6.45) is 2.78. The minimum absolute atomic E-state index is 0.0763. The Kier molecular flexibility index (Phi) is 2.98. The number of carbonyl (C=O) groups excluding carboxylic acids is 1. The molecule has 0 spiro atoms. The molecule has 0 N–H and O–H groups in total. The minimum Gasteiger partial charge on any atom is -0.497 e. The van der Waals surface area contributed by atoms with Gasteiger partial charge in [0.15, 0.2) is 0 Å². The summed E-state index contributed by atoms with van der Waals surface area (Å²) in [5.41, 5.74) is 1.61. The molecule has 100 valence electrons. The molecule has 1 atom stereocenters. The molecule has 5 nitrogen and oxygen atoms in total. The highest BCUT2D eigenvalue weighted by Gasteiger charge is 2.27. The van der Waals surface area contributed by atoms with Crippen LogP contribution in [-0.4, -0.2) is 46.6 Å². The maximum atomic E-state index is 12.5. The van der Waals surface area contributed by atoms with Crippen molar-refractivity contribution in [3.63, 3.8) is 0 Å². The van der Waals surface area contributed by atoms with Crippen LogP contribution in [0.5, 0.6) is 5.75 Å². The van der Waals surface area contributed by atoms with Crippen LogP contribution >= 0.6 is 0 Å². The van der Waals surface area contributed by atoms with Gasteiger partial charge in [-0.25, -0.2) is 4.98 Å². The molecule has 1 aliphatic rings. The van der Waals surface area contributed by atoms with Crippen LogP contribution in [0.15, 0.2) is 24.5 Å². The standard InChI is InChI=1S/C14H17N3O2/c1-10(16-6-3-7-16)14(18)17-9-15-12-8-11(19-2)4-5-13(12)17/h4-5,8-10H,3,6-7H2,1-2H3/t10-/m1/s1. The van der Waals surface area contributed by atoms with Gasteiger partial charge in [-0.2, -0.15) is 0 Å². The van der Waals surface area contributed by atoms with Gasteiger partial charge in [-0.15, -0.1) is 0 Å². The van der Waals surface area contributed by atoms with Crippen LogP contribution in [0.1, 0.15) is 18.1 Å². The monoisotopic (exact) mass is 259 g/mol. The Morgan fingerprint density at radius 2 is 2.21 bits per heavy atom. The molecule has 1 fully saturated rings. The largest absolute Gasteiger partial charge is 0.497 e. The summed E-state index contributed by atoms with van der Waals surface area (Å²) in [5.74, 6) is 0.827. The lowest BCUT2D eigenvalue weighted by Gasteiger charge is -2.35. The van der Waals surface area contributed by atoms with Crippen LogP contribution in [0.3, 0.4) is 0 Å². The summed E-state index contributed by atoms with van der Waals surface area (Å²) >= 11 is 0. The van der Waals surface area contributed by atoms with E-state index < -0.39 is 0 Å². The van der Waals surface area contributed by atoms with E-state index in [-0.39, 0.29) is 11.9 Å². The molecule has 1 aromatic heterocycles. The van der Waals surface area contributed by atoms with Crippen molar-refractivity contribution in [2.24, 2.45) is 0 Å². The fraction of sp³-hybridized carbons (Fsp3) is 0.429. The number of rotatable bonds is 3. The molecule has 5 heteroatoms. The van der Waals surface area contributed by atoms with E-state index in [0.29, 0.717) is 0 Å². The fourth-order valence-electron chi connectivity index (χ4n) is 2.38. The summed E-state index contributed by atoms with van der Waals surface area (Å²) in [7, 11) is 1.62. The van der Waals surface area contributed by atoms with E-state index in [0.717, 1.165) is 29.9 Å². The molecular formula is C14H17N3O2. The molecular weight excluding hydrogens is 242 g/mol. The molecule has 2 heterocycles. The maximum Gasteiger partial charge on any atom is 0.249 e. The second-order valence-electron chi connectivity index (χ2n) is 4.87. The highest BCUT2D eigenvalue weighted by molar-refractivity contribution is 5.93. The van der Waals surface area contributed by atoms with E-state index in [9.17, 15) is 4.79 Å². The Morgan fingerprint density at radius 1 is 1.42 bits per heavy atom. The van der Waals surface area contributed by atoms with E-state index in [1.54, 1.807) is 18.0 Å². The third kappa shape index (κ3) is 2.00. The lowest BCUT2D eigenvalue weighted by molar-refractivity contribution is 0.0646. The van der Waals surface area contributed by atoms with Gasteiger partial charge in [-0.3, -0.25) is 14.3 Å². The summed E-state index contributed by atoms with van der Waals surface area (Å²) < 4.78 is 6.80. The number of fused-ring (bicyclic) bond motifs is 1. The Labute approximate surface area is 111 Å². The van der Waals surface area contributed by atoms with Crippen LogP contribution in [0, 0.1) is 0 Å². The van der Waals surface area contributed by atoms with Crippen molar-refractivity contribution in [1.82, 2.24) is 14.5 Å². The highest BCUT2D eigenvalue weighted by Crippen LogP contribution is 2.21. The smallest absolute Gasteiger partial charge is 0.249 e. The summed E-state index contributed by atoms with van der Waals surface area (Å²) in [6.45, 7) is 3.97. The van der Waals surface area contributed by atoms with E-state index in [2.05, 4.69) is 9.88 Å². The number of likely N-dealkylation sites (tertiary alicyclic amines) is 1. The molecule has 0 radical (unpaired) electrons. The van der Waals surface area contributed by atoms with Crippen molar-refractivity contribution < 1.29 is 9.53 Å². The first-order valence-electron chi connectivity index (χ1n) is 6.50. The molecule has 19 heavy (non-hydrogen) atoms. The first-order chi connectivity index (χ1) is 9.20. The normalized spacial score (nSPS) is 17.2. The van der Waals surface area contributed by atoms with E-state index >= 15 is 0 Å². The average molecular weight is 259 g/mol. The van der Waals surface area contributed by atoms with Crippen molar-refractivity contribution in [1.29, 1.82) is 0 Å². The number of hydrogen-bond acceptors (Lipinski definition) is 4.